The first kappa shape index (κ1) is 17.4. The van der Waals surface area contributed by atoms with Gasteiger partial charge in [0.1, 0.15) is 10.9 Å². The highest BCUT2D eigenvalue weighted by molar-refractivity contribution is 7.16. The SMILES string of the molecule is Cc1nc(CCNC(=O)Cn2ccc([C@H]3CCCNC3)n2)sc1Cl. The van der Waals surface area contributed by atoms with E-state index in [4.69, 9.17) is 11.6 Å². The van der Waals surface area contributed by atoms with E-state index < -0.39 is 0 Å². The fourth-order valence-electron chi connectivity index (χ4n) is 2.84. The molecule has 0 aliphatic carbocycles. The average Bonchev–Trinajstić information content (AvgIpc) is 3.15. The van der Waals surface area contributed by atoms with Crippen LogP contribution in [0.4, 0.5) is 0 Å². The Kier molecular flexibility index (Phi) is 5.86. The molecule has 1 saturated heterocycles. The maximum absolute atomic E-state index is 12.0. The van der Waals surface area contributed by atoms with Crippen LogP contribution in [0, 0.1) is 6.92 Å². The minimum Gasteiger partial charge on any atom is -0.354 e. The number of aromatic nitrogens is 3. The first-order chi connectivity index (χ1) is 11.6. The van der Waals surface area contributed by atoms with Crippen LogP contribution in [0.15, 0.2) is 12.3 Å². The first-order valence-corrected chi connectivity index (χ1v) is 9.44. The zero-order chi connectivity index (χ0) is 16.9. The molecule has 0 aromatic carbocycles. The number of aryl methyl sites for hydroxylation is 1. The lowest BCUT2D eigenvalue weighted by Gasteiger charge is -2.20. The fourth-order valence-corrected chi connectivity index (χ4v) is 3.93. The molecule has 0 saturated carbocycles. The third-order valence-electron chi connectivity index (χ3n) is 4.13. The Morgan fingerprint density at radius 1 is 1.58 bits per heavy atom. The van der Waals surface area contributed by atoms with Crippen molar-refractivity contribution < 1.29 is 4.79 Å². The second-order valence-electron chi connectivity index (χ2n) is 6.05. The van der Waals surface area contributed by atoms with Crippen LogP contribution in [0.25, 0.3) is 0 Å². The van der Waals surface area contributed by atoms with E-state index in [1.54, 1.807) is 4.68 Å². The van der Waals surface area contributed by atoms with Crippen molar-refractivity contribution in [2.75, 3.05) is 19.6 Å². The number of halogens is 1. The molecular formula is C16H22ClN5OS. The zero-order valence-corrected chi connectivity index (χ0v) is 15.3. The standard InChI is InChI=1S/C16H22ClN5OS/c1-11-16(17)24-15(20-11)4-7-19-14(23)10-22-8-5-13(21-22)12-3-2-6-18-9-12/h5,8,12,18H,2-4,6-7,9-10H2,1H3,(H,19,23)/t12-/m0/s1. The molecular weight excluding hydrogens is 346 g/mol. The third-order valence-corrected chi connectivity index (χ3v) is 5.64. The van der Waals surface area contributed by atoms with Crippen molar-refractivity contribution in [2.24, 2.45) is 0 Å². The van der Waals surface area contributed by atoms with Crippen LogP contribution in [0.3, 0.4) is 0 Å². The van der Waals surface area contributed by atoms with E-state index >= 15 is 0 Å². The van der Waals surface area contributed by atoms with Crippen LogP contribution in [-0.2, 0) is 17.8 Å². The van der Waals surface area contributed by atoms with Crippen LogP contribution >= 0.6 is 22.9 Å². The molecule has 1 aliphatic rings. The van der Waals surface area contributed by atoms with Gasteiger partial charge in [0.15, 0.2) is 0 Å². The van der Waals surface area contributed by atoms with Crippen molar-refractivity contribution in [1.82, 2.24) is 25.4 Å². The minimum atomic E-state index is -0.0363. The molecule has 6 nitrogen and oxygen atoms in total. The quantitative estimate of drug-likeness (QED) is 0.820. The molecule has 2 aromatic heterocycles. The van der Waals surface area contributed by atoms with Gasteiger partial charge in [0.05, 0.1) is 16.4 Å². The molecule has 2 N–H and O–H groups in total. The molecule has 2 aromatic rings. The van der Waals surface area contributed by atoms with Gasteiger partial charge in [0.2, 0.25) is 5.91 Å². The molecule has 1 fully saturated rings. The topological polar surface area (TPSA) is 71.8 Å². The Morgan fingerprint density at radius 3 is 3.17 bits per heavy atom. The number of hydrogen-bond acceptors (Lipinski definition) is 5. The van der Waals surface area contributed by atoms with Crippen molar-refractivity contribution in [3.8, 4) is 0 Å². The number of carbonyl (C=O) groups excluding carboxylic acids is 1. The Balaban J connectivity index is 1.44. The lowest BCUT2D eigenvalue weighted by Crippen LogP contribution is -2.30. The summed E-state index contributed by atoms with van der Waals surface area (Å²) in [6, 6.07) is 2.02. The van der Waals surface area contributed by atoms with E-state index in [-0.39, 0.29) is 12.5 Å². The molecule has 1 atom stereocenters. The van der Waals surface area contributed by atoms with Crippen molar-refractivity contribution in [3.63, 3.8) is 0 Å². The van der Waals surface area contributed by atoms with E-state index in [1.807, 2.05) is 19.2 Å². The molecule has 1 aliphatic heterocycles. The van der Waals surface area contributed by atoms with Gasteiger partial charge < -0.3 is 10.6 Å². The average molecular weight is 368 g/mol. The summed E-state index contributed by atoms with van der Waals surface area (Å²) < 4.78 is 2.43. The van der Waals surface area contributed by atoms with Crippen LogP contribution in [0.2, 0.25) is 4.34 Å². The van der Waals surface area contributed by atoms with Gasteiger partial charge in [-0.05, 0) is 32.4 Å². The molecule has 1 amide bonds. The fraction of sp³-hybridized carbons (Fsp3) is 0.562. The van der Waals surface area contributed by atoms with Gasteiger partial charge >= 0.3 is 0 Å². The number of rotatable bonds is 6. The maximum atomic E-state index is 12.0. The van der Waals surface area contributed by atoms with Crippen molar-refractivity contribution >= 4 is 28.8 Å². The van der Waals surface area contributed by atoms with Gasteiger partial charge in [-0.15, -0.1) is 11.3 Å². The van der Waals surface area contributed by atoms with Crippen LogP contribution in [0.5, 0.6) is 0 Å². The summed E-state index contributed by atoms with van der Waals surface area (Å²) in [6.07, 6.45) is 4.92. The Labute approximate surface area is 150 Å². The molecule has 0 unspecified atom stereocenters. The number of nitrogens with zero attached hydrogens (tertiary/aromatic N) is 3. The molecule has 0 radical (unpaired) electrons. The number of hydrogen-bond donors (Lipinski definition) is 2. The molecule has 24 heavy (non-hydrogen) atoms. The number of thiazole rings is 1. The van der Waals surface area contributed by atoms with E-state index in [1.165, 1.54) is 17.8 Å². The minimum absolute atomic E-state index is 0.0363. The summed E-state index contributed by atoms with van der Waals surface area (Å²) in [4.78, 5) is 16.4. The number of piperidine rings is 1. The molecule has 3 heterocycles. The van der Waals surface area contributed by atoms with E-state index in [0.29, 0.717) is 18.9 Å². The van der Waals surface area contributed by atoms with Crippen molar-refractivity contribution in [1.29, 1.82) is 0 Å². The summed E-state index contributed by atoms with van der Waals surface area (Å²) in [7, 11) is 0. The van der Waals surface area contributed by atoms with Gasteiger partial charge in [-0.25, -0.2) is 4.98 Å². The Bertz CT molecular complexity index is 673. The van der Waals surface area contributed by atoms with Crippen LogP contribution < -0.4 is 10.6 Å². The predicted molar refractivity (Wildman–Crippen MR) is 95.6 cm³/mol. The number of amides is 1. The third kappa shape index (κ3) is 4.55. The second kappa shape index (κ2) is 8.09. The zero-order valence-electron chi connectivity index (χ0n) is 13.7. The summed E-state index contributed by atoms with van der Waals surface area (Å²) >= 11 is 7.47. The lowest BCUT2D eigenvalue weighted by atomic mass is 9.97. The van der Waals surface area contributed by atoms with Gasteiger partial charge in [-0.1, -0.05) is 11.6 Å². The van der Waals surface area contributed by atoms with Crippen LogP contribution in [-0.4, -0.2) is 40.3 Å². The summed E-state index contributed by atoms with van der Waals surface area (Å²) in [5.74, 6) is 0.423. The van der Waals surface area contributed by atoms with E-state index in [0.717, 1.165) is 40.2 Å². The van der Waals surface area contributed by atoms with E-state index in [2.05, 4.69) is 20.7 Å². The Morgan fingerprint density at radius 2 is 2.46 bits per heavy atom. The normalized spacial score (nSPS) is 17.8. The molecule has 0 bridgehead atoms. The maximum Gasteiger partial charge on any atom is 0.241 e. The van der Waals surface area contributed by atoms with Crippen LogP contribution in [0.1, 0.15) is 35.2 Å². The van der Waals surface area contributed by atoms with Gasteiger partial charge in [-0.2, -0.15) is 5.10 Å². The van der Waals surface area contributed by atoms with Crippen molar-refractivity contribution in [3.05, 3.63) is 33.0 Å². The van der Waals surface area contributed by atoms with Gasteiger partial charge in [0, 0.05) is 31.6 Å². The summed E-state index contributed by atoms with van der Waals surface area (Å²) in [6.45, 7) is 4.75. The Hall–Kier alpha value is -1.44. The molecule has 3 rings (SSSR count). The van der Waals surface area contributed by atoms with Crippen molar-refractivity contribution in [2.45, 2.75) is 38.6 Å². The molecule has 130 valence electrons. The van der Waals surface area contributed by atoms with E-state index in [9.17, 15) is 4.79 Å². The monoisotopic (exact) mass is 367 g/mol. The highest BCUT2D eigenvalue weighted by Crippen LogP contribution is 2.23. The summed E-state index contributed by atoms with van der Waals surface area (Å²) in [5.41, 5.74) is 1.92. The predicted octanol–water partition coefficient (Wildman–Crippen LogP) is 2.13. The molecule has 8 heteroatoms. The lowest BCUT2D eigenvalue weighted by molar-refractivity contribution is -0.121. The number of carbonyl (C=O) groups is 1. The largest absolute Gasteiger partial charge is 0.354 e. The molecule has 0 spiro atoms. The van der Waals surface area contributed by atoms with Gasteiger partial charge in [-0.3, -0.25) is 9.48 Å². The summed E-state index contributed by atoms with van der Waals surface area (Å²) in [5, 5.41) is 11.8. The van der Waals surface area contributed by atoms with Gasteiger partial charge in [0.25, 0.3) is 0 Å². The first-order valence-electron chi connectivity index (χ1n) is 8.24. The number of nitrogens with one attached hydrogen (secondary N) is 2. The highest BCUT2D eigenvalue weighted by Gasteiger charge is 2.17. The smallest absolute Gasteiger partial charge is 0.241 e. The second-order valence-corrected chi connectivity index (χ2v) is 7.73. The highest BCUT2D eigenvalue weighted by atomic mass is 35.5.